The van der Waals surface area contributed by atoms with Crippen molar-refractivity contribution >= 4 is 17.6 Å². The smallest absolute Gasteiger partial charge is 0.338 e. The van der Waals surface area contributed by atoms with Crippen LogP contribution in [0.5, 0.6) is 0 Å². The van der Waals surface area contributed by atoms with Gasteiger partial charge in [0.1, 0.15) is 0 Å². The highest BCUT2D eigenvalue weighted by molar-refractivity contribution is 5.98. The maximum Gasteiger partial charge on any atom is 0.338 e. The highest BCUT2D eigenvalue weighted by Gasteiger charge is 2.20. The number of nitrogens with zero attached hydrogens (tertiary/aromatic N) is 1. The number of nitrogens with one attached hydrogen (secondary N) is 1. The molecule has 25 heavy (non-hydrogen) atoms. The van der Waals surface area contributed by atoms with E-state index in [4.69, 9.17) is 10.00 Å². The Bertz CT molecular complexity index is 842. The largest absolute Gasteiger partial charge is 0.449 e. The minimum Gasteiger partial charge on any atom is -0.449 e. The lowest BCUT2D eigenvalue weighted by Crippen LogP contribution is -2.30. The van der Waals surface area contributed by atoms with Crippen LogP contribution in [0.1, 0.15) is 39.5 Å². The van der Waals surface area contributed by atoms with Gasteiger partial charge in [0.25, 0.3) is 5.91 Å². The number of ether oxygens (including phenoxy) is 1. The molecule has 0 fully saturated rings. The highest BCUT2D eigenvalue weighted by atomic mass is 16.5. The van der Waals surface area contributed by atoms with E-state index in [1.165, 1.54) is 13.0 Å². The van der Waals surface area contributed by atoms with Gasteiger partial charge in [-0.15, -0.1) is 0 Å². The van der Waals surface area contributed by atoms with Crippen molar-refractivity contribution < 1.29 is 14.3 Å². The fourth-order valence-corrected chi connectivity index (χ4v) is 2.60. The van der Waals surface area contributed by atoms with Crippen molar-refractivity contribution in [2.24, 2.45) is 0 Å². The average Bonchev–Trinajstić information content (AvgIpc) is 2.57. The second-order valence-electron chi connectivity index (χ2n) is 6.00. The summed E-state index contributed by atoms with van der Waals surface area (Å²) in [5, 5.41) is 11.7. The number of esters is 1. The SMILES string of the molecule is Cc1cc(C)c(NC(=O)[C@@H](C)OC(=O)c2cccc(C#N)c2)c(C)c1. The van der Waals surface area contributed by atoms with Gasteiger partial charge < -0.3 is 10.1 Å². The van der Waals surface area contributed by atoms with E-state index in [0.717, 1.165) is 22.4 Å². The molecule has 0 saturated heterocycles. The van der Waals surface area contributed by atoms with Gasteiger partial charge in [0, 0.05) is 5.69 Å². The van der Waals surface area contributed by atoms with Crippen LogP contribution in [0.4, 0.5) is 5.69 Å². The lowest BCUT2D eigenvalue weighted by atomic mass is 10.0. The fraction of sp³-hybridized carbons (Fsp3) is 0.250. The summed E-state index contributed by atoms with van der Waals surface area (Å²) in [7, 11) is 0. The Labute approximate surface area is 147 Å². The van der Waals surface area contributed by atoms with Crippen LogP contribution in [0.2, 0.25) is 0 Å². The molecule has 0 aromatic heterocycles. The number of benzene rings is 2. The zero-order chi connectivity index (χ0) is 18.6. The van der Waals surface area contributed by atoms with Gasteiger partial charge >= 0.3 is 5.97 Å². The van der Waals surface area contributed by atoms with E-state index < -0.39 is 18.0 Å². The van der Waals surface area contributed by atoms with Crippen molar-refractivity contribution in [2.45, 2.75) is 33.8 Å². The molecule has 0 aliphatic rings. The first kappa shape index (κ1) is 18.2. The van der Waals surface area contributed by atoms with Gasteiger partial charge in [-0.2, -0.15) is 5.26 Å². The van der Waals surface area contributed by atoms with Gasteiger partial charge in [-0.3, -0.25) is 4.79 Å². The molecule has 0 heterocycles. The fourth-order valence-electron chi connectivity index (χ4n) is 2.60. The zero-order valence-corrected chi connectivity index (χ0v) is 14.7. The lowest BCUT2D eigenvalue weighted by molar-refractivity contribution is -0.123. The molecule has 2 aromatic carbocycles. The summed E-state index contributed by atoms with van der Waals surface area (Å²) >= 11 is 0. The molecule has 0 radical (unpaired) electrons. The Morgan fingerprint density at radius 1 is 1.12 bits per heavy atom. The molecule has 0 unspecified atom stereocenters. The van der Waals surface area contributed by atoms with E-state index in [9.17, 15) is 9.59 Å². The summed E-state index contributed by atoms with van der Waals surface area (Å²) in [6.45, 7) is 7.34. The van der Waals surface area contributed by atoms with Crippen LogP contribution in [0.25, 0.3) is 0 Å². The van der Waals surface area contributed by atoms with Crippen LogP contribution < -0.4 is 5.32 Å². The number of carbonyl (C=O) groups excluding carboxylic acids is 2. The third-order valence-corrected chi connectivity index (χ3v) is 3.81. The Kier molecular flexibility index (Phi) is 5.56. The number of rotatable bonds is 4. The van der Waals surface area contributed by atoms with Crippen molar-refractivity contribution in [3.63, 3.8) is 0 Å². The molecule has 5 nitrogen and oxygen atoms in total. The number of hydrogen-bond acceptors (Lipinski definition) is 4. The minimum atomic E-state index is -0.960. The predicted molar refractivity (Wildman–Crippen MR) is 95.3 cm³/mol. The van der Waals surface area contributed by atoms with E-state index in [2.05, 4.69) is 5.32 Å². The van der Waals surface area contributed by atoms with E-state index in [-0.39, 0.29) is 5.56 Å². The number of amides is 1. The molecule has 0 bridgehead atoms. The third kappa shape index (κ3) is 4.45. The predicted octanol–water partition coefficient (Wildman–Crippen LogP) is 3.67. The standard InChI is InChI=1S/C20H20N2O3/c1-12-8-13(2)18(14(3)9-12)22-19(23)15(4)25-20(24)17-7-5-6-16(10-17)11-21/h5-10,15H,1-4H3,(H,22,23)/t15-/m1/s1. The van der Waals surface area contributed by atoms with E-state index in [1.807, 2.05) is 39.0 Å². The van der Waals surface area contributed by atoms with E-state index in [1.54, 1.807) is 18.2 Å². The van der Waals surface area contributed by atoms with Crippen LogP contribution in [0.15, 0.2) is 36.4 Å². The Balaban J connectivity index is 2.08. The molecule has 5 heteroatoms. The van der Waals surface area contributed by atoms with E-state index in [0.29, 0.717) is 5.56 Å². The molecular formula is C20H20N2O3. The highest BCUT2D eigenvalue weighted by Crippen LogP contribution is 2.22. The molecule has 0 aliphatic carbocycles. The van der Waals surface area contributed by atoms with Gasteiger partial charge in [-0.25, -0.2) is 4.79 Å². The zero-order valence-electron chi connectivity index (χ0n) is 14.7. The average molecular weight is 336 g/mol. The first-order valence-electron chi connectivity index (χ1n) is 7.91. The number of aryl methyl sites for hydroxylation is 3. The quantitative estimate of drug-likeness (QED) is 0.864. The number of carbonyl (C=O) groups is 2. The van der Waals surface area contributed by atoms with Gasteiger partial charge in [-0.1, -0.05) is 23.8 Å². The second kappa shape index (κ2) is 7.63. The van der Waals surface area contributed by atoms with Crippen LogP contribution in [0.3, 0.4) is 0 Å². The molecular weight excluding hydrogens is 316 g/mol. The first-order chi connectivity index (χ1) is 11.8. The molecule has 0 saturated carbocycles. The van der Waals surface area contributed by atoms with Crippen molar-refractivity contribution in [2.75, 3.05) is 5.32 Å². The van der Waals surface area contributed by atoms with E-state index >= 15 is 0 Å². The monoisotopic (exact) mass is 336 g/mol. The molecule has 1 atom stereocenters. The van der Waals surface area contributed by atoms with Gasteiger partial charge in [0.2, 0.25) is 0 Å². The van der Waals surface area contributed by atoms with Crippen molar-refractivity contribution in [3.8, 4) is 6.07 Å². The van der Waals surface area contributed by atoms with Crippen LogP contribution >= 0.6 is 0 Å². The Morgan fingerprint density at radius 2 is 1.76 bits per heavy atom. The van der Waals surface area contributed by atoms with Crippen molar-refractivity contribution in [1.29, 1.82) is 5.26 Å². The normalized spacial score (nSPS) is 11.3. The number of nitriles is 1. The number of anilines is 1. The molecule has 1 N–H and O–H groups in total. The maximum absolute atomic E-state index is 12.4. The minimum absolute atomic E-state index is 0.237. The maximum atomic E-state index is 12.4. The van der Waals surface area contributed by atoms with Crippen LogP contribution in [0, 0.1) is 32.1 Å². The van der Waals surface area contributed by atoms with Gasteiger partial charge in [0.15, 0.2) is 6.10 Å². The summed E-state index contributed by atoms with van der Waals surface area (Å²) < 4.78 is 5.21. The summed E-state index contributed by atoms with van der Waals surface area (Å²) in [6, 6.07) is 12.1. The third-order valence-electron chi connectivity index (χ3n) is 3.81. The molecule has 1 amide bonds. The second-order valence-corrected chi connectivity index (χ2v) is 6.00. The summed E-state index contributed by atoms with van der Waals surface area (Å²) in [6.07, 6.45) is -0.960. The number of hydrogen-bond donors (Lipinski definition) is 1. The topological polar surface area (TPSA) is 79.2 Å². The summed E-state index contributed by atoms with van der Waals surface area (Å²) in [5.74, 6) is -1.04. The summed E-state index contributed by atoms with van der Waals surface area (Å²) in [4.78, 5) is 24.5. The summed E-state index contributed by atoms with van der Waals surface area (Å²) in [5.41, 5.74) is 4.34. The van der Waals surface area contributed by atoms with Crippen molar-refractivity contribution in [1.82, 2.24) is 0 Å². The Hall–Kier alpha value is -3.13. The first-order valence-corrected chi connectivity index (χ1v) is 7.91. The molecule has 2 rings (SSSR count). The molecule has 0 aliphatic heterocycles. The van der Waals surface area contributed by atoms with Gasteiger partial charge in [0.05, 0.1) is 17.2 Å². The molecule has 0 spiro atoms. The lowest BCUT2D eigenvalue weighted by Gasteiger charge is -2.17. The van der Waals surface area contributed by atoms with Crippen LogP contribution in [-0.4, -0.2) is 18.0 Å². The van der Waals surface area contributed by atoms with Crippen LogP contribution in [-0.2, 0) is 9.53 Å². The molecule has 128 valence electrons. The van der Waals surface area contributed by atoms with Gasteiger partial charge in [-0.05, 0) is 57.0 Å². The Morgan fingerprint density at radius 3 is 2.36 bits per heavy atom. The molecule has 2 aromatic rings. The van der Waals surface area contributed by atoms with Crippen molar-refractivity contribution in [3.05, 3.63) is 64.2 Å².